The third-order valence-electron chi connectivity index (χ3n) is 4.63. The monoisotopic (exact) mass is 279 g/mol. The van der Waals surface area contributed by atoms with Gasteiger partial charge in [0.05, 0.1) is 0 Å². The van der Waals surface area contributed by atoms with E-state index < -0.39 is 0 Å². The molecule has 0 unspecified atom stereocenters. The molecular formula is C17H29NS. The Morgan fingerprint density at radius 2 is 1.42 bits per heavy atom. The fourth-order valence-corrected chi connectivity index (χ4v) is 4.18. The minimum Gasteiger partial charge on any atom is -0.366 e. The first-order chi connectivity index (χ1) is 9.31. The second-order valence-corrected chi connectivity index (χ2v) is 7.29. The summed E-state index contributed by atoms with van der Waals surface area (Å²) in [7, 11) is 0. The second-order valence-electron chi connectivity index (χ2n) is 6.34. The third kappa shape index (κ3) is 4.91. The predicted octanol–water partition coefficient (Wildman–Crippen LogP) is 5.95. The first-order valence-corrected chi connectivity index (χ1v) is 8.98. The first-order valence-electron chi connectivity index (χ1n) is 8.10. The maximum absolute atomic E-state index is 3.28. The first kappa shape index (κ1) is 15.0. The fourth-order valence-electron chi connectivity index (χ4n) is 3.26. The van der Waals surface area contributed by atoms with Crippen molar-refractivity contribution in [2.24, 2.45) is 5.41 Å². The van der Waals surface area contributed by atoms with Crippen LogP contribution in [0, 0.1) is 5.41 Å². The van der Waals surface area contributed by atoms with Crippen LogP contribution < -0.4 is 5.32 Å². The van der Waals surface area contributed by atoms with Crippen molar-refractivity contribution in [1.82, 2.24) is 5.32 Å². The summed E-state index contributed by atoms with van der Waals surface area (Å²) in [5.74, 6) is 0. The molecule has 2 rings (SSSR count). The summed E-state index contributed by atoms with van der Waals surface area (Å²) in [5, 5.41) is 5.47. The highest BCUT2D eigenvalue weighted by Gasteiger charge is 2.28. The van der Waals surface area contributed by atoms with Gasteiger partial charge in [-0.05, 0) is 18.2 Å². The van der Waals surface area contributed by atoms with Crippen LogP contribution >= 0.6 is 11.8 Å². The summed E-state index contributed by atoms with van der Waals surface area (Å²) in [6.45, 7) is 2.48. The van der Waals surface area contributed by atoms with E-state index in [1.54, 1.807) is 4.91 Å². The number of nitrogens with one attached hydrogen (secondary N) is 1. The highest BCUT2D eigenvalue weighted by atomic mass is 32.2. The highest BCUT2D eigenvalue weighted by molar-refractivity contribution is 8.05. The molecule has 2 heteroatoms. The van der Waals surface area contributed by atoms with Crippen LogP contribution in [0.3, 0.4) is 0 Å². The van der Waals surface area contributed by atoms with Crippen LogP contribution in [0.1, 0.15) is 77.6 Å². The average molecular weight is 279 g/mol. The van der Waals surface area contributed by atoms with Crippen LogP contribution in [-0.4, -0.2) is 0 Å². The Bertz CT molecular complexity index is 307. The molecule has 0 bridgehead atoms. The quantitative estimate of drug-likeness (QED) is 0.637. The zero-order valence-electron chi connectivity index (χ0n) is 12.4. The molecule has 1 saturated carbocycles. The van der Waals surface area contributed by atoms with Gasteiger partial charge in [0.15, 0.2) is 0 Å². The lowest BCUT2D eigenvalue weighted by molar-refractivity contribution is 0.316. The number of rotatable bonds is 1. The van der Waals surface area contributed by atoms with Crippen molar-refractivity contribution >= 4 is 11.8 Å². The van der Waals surface area contributed by atoms with Crippen molar-refractivity contribution < 1.29 is 0 Å². The molecule has 0 aromatic rings. The minimum atomic E-state index is 0.404. The Hall–Kier alpha value is -0.370. The van der Waals surface area contributed by atoms with E-state index >= 15 is 0 Å². The van der Waals surface area contributed by atoms with Crippen molar-refractivity contribution in [3.8, 4) is 0 Å². The normalized spacial score (nSPS) is 25.6. The molecule has 1 N–H and O–H groups in total. The molecule has 0 aromatic carbocycles. The van der Waals surface area contributed by atoms with Crippen LogP contribution in [0.5, 0.6) is 0 Å². The standard InChI is InChI=1S/C17H29NS/c1-17(16-15-18-13-14-19-16)11-9-7-5-3-2-4-6-8-10-12-17/h13-15,18H,2-12H2,1H3. The van der Waals surface area contributed by atoms with Crippen LogP contribution in [0.4, 0.5) is 0 Å². The molecule has 0 saturated heterocycles. The van der Waals surface area contributed by atoms with Gasteiger partial charge in [0.2, 0.25) is 0 Å². The average Bonchev–Trinajstić information content (AvgIpc) is 2.44. The number of allylic oxidation sites excluding steroid dienone is 1. The van der Waals surface area contributed by atoms with Gasteiger partial charge in [-0.15, -0.1) is 0 Å². The summed E-state index contributed by atoms with van der Waals surface area (Å²) in [6, 6.07) is 0. The highest BCUT2D eigenvalue weighted by Crippen LogP contribution is 2.45. The summed E-state index contributed by atoms with van der Waals surface area (Å²) in [5.41, 5.74) is 0.404. The SMILES string of the molecule is CC1(C2=CNC=CS2)CCCCCCCCCCC1. The van der Waals surface area contributed by atoms with Gasteiger partial charge >= 0.3 is 0 Å². The van der Waals surface area contributed by atoms with Gasteiger partial charge in [0, 0.05) is 22.7 Å². The van der Waals surface area contributed by atoms with Crippen molar-refractivity contribution in [3.63, 3.8) is 0 Å². The molecule has 0 spiro atoms. The van der Waals surface area contributed by atoms with E-state index in [1.165, 1.54) is 70.6 Å². The molecule has 1 nitrogen and oxygen atoms in total. The summed E-state index contributed by atoms with van der Waals surface area (Å²) in [4.78, 5) is 1.55. The maximum Gasteiger partial charge on any atom is 0.0111 e. The summed E-state index contributed by atoms with van der Waals surface area (Å²) in [6.07, 6.45) is 19.9. The van der Waals surface area contributed by atoms with Gasteiger partial charge in [0.25, 0.3) is 0 Å². The van der Waals surface area contributed by atoms with Crippen molar-refractivity contribution in [1.29, 1.82) is 0 Å². The molecular weight excluding hydrogens is 250 g/mol. The van der Waals surface area contributed by atoms with Gasteiger partial charge < -0.3 is 5.32 Å². The lowest BCUT2D eigenvalue weighted by Gasteiger charge is -2.33. The Labute approximate surface area is 123 Å². The lowest BCUT2D eigenvalue weighted by atomic mass is 9.79. The molecule has 1 aliphatic carbocycles. The van der Waals surface area contributed by atoms with Gasteiger partial charge in [-0.2, -0.15) is 0 Å². The lowest BCUT2D eigenvalue weighted by Crippen LogP contribution is -2.20. The molecule has 2 aliphatic rings. The van der Waals surface area contributed by atoms with E-state index in [0.29, 0.717) is 5.41 Å². The van der Waals surface area contributed by atoms with E-state index in [9.17, 15) is 0 Å². The Morgan fingerprint density at radius 1 is 0.895 bits per heavy atom. The molecule has 0 radical (unpaired) electrons. The van der Waals surface area contributed by atoms with E-state index in [4.69, 9.17) is 0 Å². The van der Waals surface area contributed by atoms with Gasteiger partial charge in [-0.3, -0.25) is 0 Å². The van der Waals surface area contributed by atoms with Crippen LogP contribution in [0.15, 0.2) is 22.7 Å². The van der Waals surface area contributed by atoms with Crippen LogP contribution in [0.25, 0.3) is 0 Å². The van der Waals surface area contributed by atoms with Crippen molar-refractivity contribution in [2.45, 2.75) is 77.6 Å². The van der Waals surface area contributed by atoms with Crippen LogP contribution in [0.2, 0.25) is 0 Å². The molecule has 0 amide bonds. The largest absolute Gasteiger partial charge is 0.366 e. The summed E-state index contributed by atoms with van der Waals surface area (Å²) < 4.78 is 0. The molecule has 19 heavy (non-hydrogen) atoms. The van der Waals surface area contributed by atoms with E-state index in [2.05, 4.69) is 23.8 Å². The van der Waals surface area contributed by atoms with Crippen LogP contribution in [-0.2, 0) is 0 Å². The minimum absolute atomic E-state index is 0.404. The zero-order chi connectivity index (χ0) is 13.4. The molecule has 1 fully saturated rings. The second kappa shape index (κ2) is 8.04. The van der Waals surface area contributed by atoms with Crippen molar-refractivity contribution in [3.05, 3.63) is 22.7 Å². The Morgan fingerprint density at radius 3 is 1.89 bits per heavy atom. The van der Waals surface area contributed by atoms with E-state index in [0.717, 1.165) is 0 Å². The zero-order valence-corrected chi connectivity index (χ0v) is 13.2. The summed E-state index contributed by atoms with van der Waals surface area (Å²) >= 11 is 1.92. The Balaban J connectivity index is 1.94. The predicted molar refractivity (Wildman–Crippen MR) is 86.8 cm³/mol. The molecule has 1 aliphatic heterocycles. The van der Waals surface area contributed by atoms with Crippen molar-refractivity contribution in [2.75, 3.05) is 0 Å². The fraction of sp³-hybridized carbons (Fsp3) is 0.765. The number of thioether (sulfide) groups is 1. The molecule has 1 heterocycles. The third-order valence-corrected chi connectivity index (χ3v) is 5.76. The Kier molecular flexibility index (Phi) is 6.36. The molecule has 0 atom stereocenters. The van der Waals surface area contributed by atoms with Gasteiger partial charge in [-0.1, -0.05) is 76.5 Å². The van der Waals surface area contributed by atoms with Gasteiger partial charge in [-0.25, -0.2) is 0 Å². The topological polar surface area (TPSA) is 12.0 Å². The number of hydrogen-bond acceptors (Lipinski definition) is 2. The van der Waals surface area contributed by atoms with E-state index in [1.807, 2.05) is 18.0 Å². The van der Waals surface area contributed by atoms with E-state index in [-0.39, 0.29) is 0 Å². The maximum atomic E-state index is 3.28. The van der Waals surface area contributed by atoms with Gasteiger partial charge in [0.1, 0.15) is 0 Å². The molecule has 0 aromatic heterocycles. The molecule has 108 valence electrons. The number of hydrogen-bond donors (Lipinski definition) is 1. The smallest absolute Gasteiger partial charge is 0.0111 e.